The van der Waals surface area contributed by atoms with E-state index in [2.05, 4.69) is 14.5 Å². The van der Waals surface area contributed by atoms with Crippen LogP contribution in [0.4, 0.5) is 8.78 Å². The summed E-state index contributed by atoms with van der Waals surface area (Å²) < 4.78 is 29.5. The maximum Gasteiger partial charge on any atom is 0.256 e. The fourth-order valence-corrected chi connectivity index (χ4v) is 3.39. The highest BCUT2D eigenvalue weighted by Crippen LogP contribution is 2.27. The number of carbonyl (C=O) groups is 1. The van der Waals surface area contributed by atoms with Gasteiger partial charge in [0, 0.05) is 44.5 Å². The highest BCUT2D eigenvalue weighted by atomic mass is 19.2. The van der Waals surface area contributed by atoms with E-state index in [1.165, 1.54) is 12.1 Å². The summed E-state index contributed by atoms with van der Waals surface area (Å²) in [6, 6.07) is 3.72. The van der Waals surface area contributed by atoms with E-state index in [1.54, 1.807) is 11.1 Å². The zero-order valence-corrected chi connectivity index (χ0v) is 15.2. The Hall–Kier alpha value is -2.28. The summed E-state index contributed by atoms with van der Waals surface area (Å²) in [5, 5.41) is 0. The van der Waals surface area contributed by atoms with Crippen LogP contribution in [0.2, 0.25) is 0 Å². The average Bonchev–Trinajstić information content (AvgIpc) is 3.10. The third-order valence-electron chi connectivity index (χ3n) is 4.79. The van der Waals surface area contributed by atoms with Crippen molar-refractivity contribution in [1.82, 2.24) is 19.4 Å². The van der Waals surface area contributed by atoms with Gasteiger partial charge in [-0.2, -0.15) is 0 Å². The third kappa shape index (κ3) is 3.93. The van der Waals surface area contributed by atoms with Gasteiger partial charge in [0.25, 0.3) is 5.91 Å². The number of imidazole rings is 1. The van der Waals surface area contributed by atoms with Gasteiger partial charge in [0.15, 0.2) is 11.6 Å². The highest BCUT2D eigenvalue weighted by Gasteiger charge is 2.29. The molecule has 5 nitrogen and oxygen atoms in total. The van der Waals surface area contributed by atoms with Gasteiger partial charge in [0.1, 0.15) is 5.82 Å². The monoisotopic (exact) mass is 362 g/mol. The highest BCUT2D eigenvalue weighted by molar-refractivity contribution is 5.94. The molecule has 2 aromatic rings. The molecule has 0 radical (unpaired) electrons. The number of benzene rings is 1. The minimum absolute atomic E-state index is 0.0986. The molecule has 1 amide bonds. The van der Waals surface area contributed by atoms with Crippen molar-refractivity contribution in [1.29, 1.82) is 0 Å². The zero-order valence-electron chi connectivity index (χ0n) is 15.2. The van der Waals surface area contributed by atoms with E-state index in [0.717, 1.165) is 37.8 Å². The lowest BCUT2D eigenvalue weighted by Gasteiger charge is -2.33. The minimum Gasteiger partial charge on any atom is -0.338 e. The number of amides is 1. The van der Waals surface area contributed by atoms with Gasteiger partial charge in [0.2, 0.25) is 0 Å². The van der Waals surface area contributed by atoms with Crippen molar-refractivity contribution in [3.05, 3.63) is 53.6 Å². The molecule has 7 heteroatoms. The number of aromatic nitrogens is 2. The first-order valence-electron chi connectivity index (χ1n) is 8.86. The molecule has 0 spiro atoms. The van der Waals surface area contributed by atoms with Gasteiger partial charge in [-0.25, -0.2) is 13.8 Å². The summed E-state index contributed by atoms with van der Waals surface area (Å²) in [5.41, 5.74) is -0.207. The second-order valence-corrected chi connectivity index (χ2v) is 6.97. The Morgan fingerprint density at radius 2 is 2.15 bits per heavy atom. The SMILES string of the molecule is CN(C)CCn1ccnc1[C@H]1CCCN(C(=O)c2cccc(F)c2F)C1. The Labute approximate surface area is 152 Å². The number of piperidine rings is 1. The summed E-state index contributed by atoms with van der Waals surface area (Å²) in [6.07, 6.45) is 5.46. The molecule has 1 aliphatic heterocycles. The molecular formula is C19H24F2N4O. The van der Waals surface area contributed by atoms with Crippen molar-refractivity contribution in [3.8, 4) is 0 Å². The van der Waals surface area contributed by atoms with Crippen LogP contribution < -0.4 is 0 Å². The van der Waals surface area contributed by atoms with Crippen LogP contribution in [0, 0.1) is 11.6 Å². The smallest absolute Gasteiger partial charge is 0.256 e. The normalized spacial score (nSPS) is 17.7. The number of hydrogen-bond acceptors (Lipinski definition) is 3. The largest absolute Gasteiger partial charge is 0.338 e. The third-order valence-corrected chi connectivity index (χ3v) is 4.79. The van der Waals surface area contributed by atoms with Crippen molar-refractivity contribution in [2.45, 2.75) is 25.3 Å². The van der Waals surface area contributed by atoms with E-state index in [-0.39, 0.29) is 11.5 Å². The Morgan fingerprint density at radius 1 is 1.35 bits per heavy atom. The fraction of sp³-hybridized carbons (Fsp3) is 0.474. The number of carbonyl (C=O) groups excluding carboxylic acids is 1. The van der Waals surface area contributed by atoms with E-state index in [9.17, 15) is 13.6 Å². The molecular weight excluding hydrogens is 338 g/mol. The molecule has 0 N–H and O–H groups in total. The quantitative estimate of drug-likeness (QED) is 0.821. The van der Waals surface area contributed by atoms with Gasteiger partial charge in [-0.3, -0.25) is 4.79 Å². The standard InChI is InChI=1S/C19H24F2N4O/c1-23(2)11-12-24-10-8-22-18(24)14-5-4-9-25(13-14)19(26)15-6-3-7-16(20)17(15)21/h3,6-8,10,14H,4-5,9,11-13H2,1-2H3/t14-/m0/s1. The minimum atomic E-state index is -1.08. The fourth-order valence-electron chi connectivity index (χ4n) is 3.39. The number of nitrogens with zero attached hydrogens (tertiary/aromatic N) is 4. The Morgan fingerprint density at radius 3 is 2.92 bits per heavy atom. The molecule has 26 heavy (non-hydrogen) atoms. The van der Waals surface area contributed by atoms with Crippen LogP contribution >= 0.6 is 0 Å². The summed E-state index contributed by atoms with van der Waals surface area (Å²) in [4.78, 5) is 20.9. The Kier molecular flexibility index (Phi) is 5.66. The Balaban J connectivity index is 1.75. The zero-order chi connectivity index (χ0) is 18.7. The second kappa shape index (κ2) is 7.95. The molecule has 0 bridgehead atoms. The van der Waals surface area contributed by atoms with Crippen LogP contribution in [-0.4, -0.2) is 59.0 Å². The predicted octanol–water partition coefficient (Wildman–Crippen LogP) is 2.74. The number of rotatable bonds is 5. The number of likely N-dealkylation sites (N-methyl/N-ethyl adjacent to an activating group) is 1. The maximum atomic E-state index is 14.0. The first-order valence-corrected chi connectivity index (χ1v) is 8.86. The topological polar surface area (TPSA) is 41.4 Å². The van der Waals surface area contributed by atoms with Crippen molar-refractivity contribution < 1.29 is 13.6 Å². The number of likely N-dealkylation sites (tertiary alicyclic amines) is 1. The van der Waals surface area contributed by atoms with E-state index in [1.807, 2.05) is 20.3 Å². The molecule has 1 fully saturated rings. The van der Waals surface area contributed by atoms with E-state index in [4.69, 9.17) is 0 Å². The molecule has 0 unspecified atom stereocenters. The van der Waals surface area contributed by atoms with Crippen molar-refractivity contribution in [3.63, 3.8) is 0 Å². The van der Waals surface area contributed by atoms with E-state index < -0.39 is 17.5 Å². The predicted molar refractivity (Wildman–Crippen MR) is 95.0 cm³/mol. The summed E-state index contributed by atoms with van der Waals surface area (Å²) in [7, 11) is 4.04. The van der Waals surface area contributed by atoms with Crippen molar-refractivity contribution in [2.24, 2.45) is 0 Å². The van der Waals surface area contributed by atoms with Gasteiger partial charge in [-0.15, -0.1) is 0 Å². The lowest BCUT2D eigenvalue weighted by atomic mass is 9.96. The average molecular weight is 362 g/mol. The molecule has 140 valence electrons. The first-order chi connectivity index (χ1) is 12.5. The van der Waals surface area contributed by atoms with Crippen LogP contribution in [0.15, 0.2) is 30.6 Å². The maximum absolute atomic E-state index is 14.0. The molecule has 1 aliphatic rings. The lowest BCUT2D eigenvalue weighted by molar-refractivity contribution is 0.0697. The number of halogens is 2. The molecule has 0 saturated carbocycles. The number of hydrogen-bond donors (Lipinski definition) is 0. The van der Waals surface area contributed by atoms with Gasteiger partial charge < -0.3 is 14.4 Å². The van der Waals surface area contributed by atoms with Gasteiger partial charge in [0.05, 0.1) is 5.56 Å². The van der Waals surface area contributed by atoms with Gasteiger partial charge in [-0.05, 0) is 39.1 Å². The molecule has 1 atom stereocenters. The Bertz CT molecular complexity index is 775. The van der Waals surface area contributed by atoms with E-state index >= 15 is 0 Å². The summed E-state index contributed by atoms with van der Waals surface area (Å²) in [6.45, 7) is 2.73. The summed E-state index contributed by atoms with van der Waals surface area (Å²) in [5.74, 6) is -1.49. The van der Waals surface area contributed by atoms with Crippen LogP contribution in [0.5, 0.6) is 0 Å². The van der Waals surface area contributed by atoms with Crippen LogP contribution in [-0.2, 0) is 6.54 Å². The lowest BCUT2D eigenvalue weighted by Crippen LogP contribution is -2.40. The van der Waals surface area contributed by atoms with Crippen molar-refractivity contribution >= 4 is 5.91 Å². The van der Waals surface area contributed by atoms with Gasteiger partial charge >= 0.3 is 0 Å². The van der Waals surface area contributed by atoms with Crippen LogP contribution in [0.1, 0.15) is 34.9 Å². The molecule has 1 aromatic carbocycles. The molecule has 3 rings (SSSR count). The molecule has 1 aromatic heterocycles. The van der Waals surface area contributed by atoms with Crippen LogP contribution in [0.3, 0.4) is 0 Å². The molecule has 1 saturated heterocycles. The van der Waals surface area contributed by atoms with Crippen LogP contribution in [0.25, 0.3) is 0 Å². The van der Waals surface area contributed by atoms with Crippen molar-refractivity contribution in [2.75, 3.05) is 33.7 Å². The first kappa shape index (κ1) is 18.5. The summed E-state index contributed by atoms with van der Waals surface area (Å²) >= 11 is 0. The second-order valence-electron chi connectivity index (χ2n) is 6.97. The van der Waals surface area contributed by atoms with Gasteiger partial charge in [-0.1, -0.05) is 6.07 Å². The molecule has 0 aliphatic carbocycles. The molecule has 2 heterocycles. The van der Waals surface area contributed by atoms with E-state index in [0.29, 0.717) is 13.1 Å².